The third-order valence-electron chi connectivity index (χ3n) is 6.12. The molecule has 1 aliphatic rings. The van der Waals surface area contributed by atoms with Gasteiger partial charge in [0, 0.05) is 11.5 Å². The number of aryl methyl sites for hydroxylation is 3. The summed E-state index contributed by atoms with van der Waals surface area (Å²) < 4.78 is 5.34. The van der Waals surface area contributed by atoms with Gasteiger partial charge in [0.2, 0.25) is 0 Å². The smallest absolute Gasteiger partial charge is 0.336 e. The van der Waals surface area contributed by atoms with Crippen LogP contribution in [0.3, 0.4) is 0 Å². The Morgan fingerprint density at radius 2 is 1.68 bits per heavy atom. The lowest BCUT2D eigenvalue weighted by Gasteiger charge is -2.22. The zero-order chi connectivity index (χ0) is 22.3. The van der Waals surface area contributed by atoms with Gasteiger partial charge in [0.1, 0.15) is 11.1 Å². The molecule has 1 unspecified atom stereocenters. The van der Waals surface area contributed by atoms with E-state index in [1.165, 1.54) is 16.5 Å². The summed E-state index contributed by atoms with van der Waals surface area (Å²) >= 11 is 0. The quantitative estimate of drug-likeness (QED) is 0.494. The predicted octanol–water partition coefficient (Wildman–Crippen LogP) is 4.33. The van der Waals surface area contributed by atoms with Gasteiger partial charge >= 0.3 is 11.7 Å². The fraction of sp³-hybridized carbons (Fsp3) is 0.320. The van der Waals surface area contributed by atoms with Gasteiger partial charge in [-0.05, 0) is 67.1 Å². The topological polar surface area (TPSA) is 79.6 Å². The van der Waals surface area contributed by atoms with E-state index in [4.69, 9.17) is 4.42 Å². The van der Waals surface area contributed by atoms with Crippen molar-refractivity contribution in [3.63, 3.8) is 0 Å². The van der Waals surface area contributed by atoms with Crippen molar-refractivity contribution >= 4 is 22.9 Å². The van der Waals surface area contributed by atoms with E-state index in [0.29, 0.717) is 11.1 Å². The van der Waals surface area contributed by atoms with Crippen LogP contribution in [-0.4, -0.2) is 16.8 Å². The monoisotopic (exact) mass is 418 g/mol. The van der Waals surface area contributed by atoms with Gasteiger partial charge < -0.3 is 9.73 Å². The minimum absolute atomic E-state index is 0.00121. The van der Waals surface area contributed by atoms with E-state index in [1.54, 1.807) is 6.92 Å². The first-order valence-corrected chi connectivity index (χ1v) is 10.5. The van der Waals surface area contributed by atoms with Crippen LogP contribution in [0, 0.1) is 13.8 Å². The average Bonchev–Trinajstić information content (AvgIpc) is 2.94. The number of nitrogens with one attached hydrogen (secondary N) is 1. The lowest BCUT2D eigenvalue weighted by Crippen LogP contribution is -2.40. The molecule has 0 radical (unpaired) electrons. The summed E-state index contributed by atoms with van der Waals surface area (Å²) in [7, 11) is 0. The Labute approximate surface area is 180 Å². The Morgan fingerprint density at radius 3 is 2.35 bits per heavy atom. The normalized spacial score (nSPS) is 18.6. The molecule has 31 heavy (non-hydrogen) atoms. The zero-order valence-electron chi connectivity index (χ0n) is 18.2. The number of imide groups is 1. The van der Waals surface area contributed by atoms with Crippen LogP contribution in [0.4, 0.5) is 4.79 Å². The maximum atomic E-state index is 13.3. The number of rotatable bonds is 5. The molecular formula is C25H26N2O4. The fourth-order valence-corrected chi connectivity index (χ4v) is 4.11. The SMILES string of the molecule is CCCc1ccc(C2(C)NC(=O)N(Cc3cc(=O)oc4cc(C)c(C)cc34)C2=O)cc1. The number of urea groups is 1. The molecule has 1 aliphatic heterocycles. The van der Waals surface area contributed by atoms with E-state index in [2.05, 4.69) is 12.2 Å². The third kappa shape index (κ3) is 3.63. The van der Waals surface area contributed by atoms with Crippen LogP contribution >= 0.6 is 0 Å². The summed E-state index contributed by atoms with van der Waals surface area (Å²) in [5.74, 6) is -0.342. The van der Waals surface area contributed by atoms with Crippen molar-refractivity contribution in [3.05, 3.63) is 80.7 Å². The van der Waals surface area contributed by atoms with Gasteiger partial charge in [0.15, 0.2) is 0 Å². The predicted molar refractivity (Wildman–Crippen MR) is 119 cm³/mol. The Morgan fingerprint density at radius 1 is 1.00 bits per heavy atom. The van der Waals surface area contributed by atoms with Crippen molar-refractivity contribution in [2.75, 3.05) is 0 Å². The Bertz CT molecular complexity index is 1240. The second-order valence-electron chi connectivity index (χ2n) is 8.42. The number of nitrogens with zero attached hydrogens (tertiary/aromatic N) is 1. The Balaban J connectivity index is 1.69. The van der Waals surface area contributed by atoms with Crippen molar-refractivity contribution in [1.82, 2.24) is 10.2 Å². The highest BCUT2D eigenvalue weighted by atomic mass is 16.4. The van der Waals surface area contributed by atoms with E-state index >= 15 is 0 Å². The number of carbonyl (C=O) groups excluding carboxylic acids is 2. The number of hydrogen-bond acceptors (Lipinski definition) is 4. The number of fused-ring (bicyclic) bond motifs is 1. The molecule has 2 aromatic carbocycles. The lowest BCUT2D eigenvalue weighted by atomic mass is 9.91. The first-order chi connectivity index (χ1) is 14.7. The molecule has 0 saturated carbocycles. The van der Waals surface area contributed by atoms with Crippen molar-refractivity contribution in [3.8, 4) is 0 Å². The molecule has 3 amide bonds. The van der Waals surface area contributed by atoms with Crippen molar-refractivity contribution < 1.29 is 14.0 Å². The summed E-state index contributed by atoms with van der Waals surface area (Å²) in [6.45, 7) is 7.74. The first-order valence-electron chi connectivity index (χ1n) is 10.5. The van der Waals surface area contributed by atoms with Crippen LogP contribution in [0.15, 0.2) is 51.7 Å². The number of carbonyl (C=O) groups is 2. The molecule has 1 saturated heterocycles. The summed E-state index contributed by atoms with van der Waals surface area (Å²) in [5.41, 5.74) is 3.34. The molecule has 2 heterocycles. The summed E-state index contributed by atoms with van der Waals surface area (Å²) in [5, 5.41) is 3.56. The summed E-state index contributed by atoms with van der Waals surface area (Å²) in [6.07, 6.45) is 2.00. The highest BCUT2D eigenvalue weighted by molar-refractivity contribution is 6.07. The zero-order valence-corrected chi connectivity index (χ0v) is 18.2. The maximum Gasteiger partial charge on any atom is 0.336 e. The minimum atomic E-state index is -1.15. The molecule has 6 nitrogen and oxygen atoms in total. The van der Waals surface area contributed by atoms with Gasteiger partial charge in [-0.3, -0.25) is 9.69 Å². The van der Waals surface area contributed by atoms with Crippen LogP contribution in [0.25, 0.3) is 11.0 Å². The van der Waals surface area contributed by atoms with E-state index in [1.807, 2.05) is 50.2 Å². The summed E-state index contributed by atoms with van der Waals surface area (Å²) in [4.78, 5) is 39.4. The standard InChI is InChI=1S/C25H26N2O4/c1-5-6-17-7-9-19(10-8-17)25(4)23(29)27(24(30)26-25)14-18-13-22(28)31-21-12-16(3)15(2)11-20(18)21/h7-13H,5-6,14H2,1-4H3,(H,26,30). The minimum Gasteiger partial charge on any atom is -0.423 e. The average molecular weight is 418 g/mol. The van der Waals surface area contributed by atoms with Gasteiger partial charge in [-0.2, -0.15) is 0 Å². The van der Waals surface area contributed by atoms with E-state index in [-0.39, 0.29) is 12.5 Å². The molecule has 0 bridgehead atoms. The first kappa shape index (κ1) is 20.8. The van der Waals surface area contributed by atoms with Crippen molar-refractivity contribution in [1.29, 1.82) is 0 Å². The molecule has 1 fully saturated rings. The van der Waals surface area contributed by atoms with Gasteiger partial charge in [0.05, 0.1) is 6.54 Å². The van der Waals surface area contributed by atoms with E-state index in [0.717, 1.165) is 34.9 Å². The molecule has 0 aliphatic carbocycles. The van der Waals surface area contributed by atoms with Crippen molar-refractivity contribution in [2.45, 2.75) is 52.6 Å². The third-order valence-corrected chi connectivity index (χ3v) is 6.12. The van der Waals surface area contributed by atoms with Gasteiger partial charge in [-0.15, -0.1) is 0 Å². The number of hydrogen-bond donors (Lipinski definition) is 1. The second-order valence-corrected chi connectivity index (χ2v) is 8.42. The van der Waals surface area contributed by atoms with Crippen LogP contribution in [0.1, 0.15) is 48.1 Å². The van der Waals surface area contributed by atoms with Crippen molar-refractivity contribution in [2.24, 2.45) is 0 Å². The second kappa shape index (κ2) is 7.69. The molecular weight excluding hydrogens is 392 g/mol. The maximum absolute atomic E-state index is 13.3. The van der Waals surface area contributed by atoms with Gasteiger partial charge in [0.25, 0.3) is 5.91 Å². The molecule has 0 spiro atoms. The van der Waals surface area contributed by atoms with Crippen LogP contribution in [-0.2, 0) is 23.3 Å². The lowest BCUT2D eigenvalue weighted by molar-refractivity contribution is -0.131. The Hall–Kier alpha value is -3.41. The molecule has 3 aromatic rings. The van der Waals surface area contributed by atoms with Gasteiger partial charge in [-0.1, -0.05) is 37.6 Å². The van der Waals surface area contributed by atoms with E-state index in [9.17, 15) is 14.4 Å². The van der Waals surface area contributed by atoms with Gasteiger partial charge in [-0.25, -0.2) is 9.59 Å². The van der Waals surface area contributed by atoms with Crippen LogP contribution in [0.5, 0.6) is 0 Å². The molecule has 1 atom stereocenters. The Kier molecular flexibility index (Phi) is 5.17. The number of amides is 3. The molecule has 160 valence electrons. The fourth-order valence-electron chi connectivity index (χ4n) is 4.11. The highest BCUT2D eigenvalue weighted by Crippen LogP contribution is 2.31. The van der Waals surface area contributed by atoms with E-state index < -0.39 is 17.2 Å². The van der Waals surface area contributed by atoms with Crippen LogP contribution < -0.4 is 10.9 Å². The molecule has 1 N–H and O–H groups in total. The molecule has 1 aromatic heterocycles. The summed E-state index contributed by atoms with van der Waals surface area (Å²) in [6, 6.07) is 12.4. The van der Waals surface area contributed by atoms with Crippen LogP contribution in [0.2, 0.25) is 0 Å². The molecule has 4 rings (SSSR count). The largest absolute Gasteiger partial charge is 0.423 e. The molecule has 6 heteroatoms. The highest BCUT2D eigenvalue weighted by Gasteiger charge is 2.49. The number of benzene rings is 2.